The van der Waals surface area contributed by atoms with Crippen molar-refractivity contribution in [2.45, 2.75) is 13.0 Å². The third kappa shape index (κ3) is 4.48. The van der Waals surface area contributed by atoms with Gasteiger partial charge in [-0.25, -0.2) is 0 Å². The number of aromatic nitrogens is 1. The molecule has 4 nitrogen and oxygen atoms in total. The summed E-state index contributed by atoms with van der Waals surface area (Å²) in [6.45, 7) is 1.15. The van der Waals surface area contributed by atoms with Crippen LogP contribution in [0.1, 0.15) is 11.1 Å². The van der Waals surface area contributed by atoms with Gasteiger partial charge < -0.3 is 15.4 Å². The third-order valence-electron chi connectivity index (χ3n) is 4.58. The van der Waals surface area contributed by atoms with Gasteiger partial charge in [-0.05, 0) is 47.2 Å². The number of nitrogens with two attached hydrogens (primary N) is 1. The largest absolute Gasteiger partial charge is 0.396 e. The highest BCUT2D eigenvalue weighted by atomic mass is 16.3. The lowest BCUT2D eigenvalue weighted by Gasteiger charge is -2.12. The van der Waals surface area contributed by atoms with Gasteiger partial charge in [0.2, 0.25) is 0 Å². The summed E-state index contributed by atoms with van der Waals surface area (Å²) in [5.41, 5.74) is 10.2. The van der Waals surface area contributed by atoms with Crippen molar-refractivity contribution in [1.29, 1.82) is 0 Å². The minimum atomic E-state index is 0.00242. The molecule has 1 aromatic heterocycles. The van der Waals surface area contributed by atoms with Crippen LogP contribution < -0.4 is 11.3 Å². The van der Waals surface area contributed by atoms with Crippen LogP contribution in [-0.4, -0.2) is 22.8 Å². The average molecular weight is 348 g/mol. The number of aliphatic hydroxyl groups is 1. The molecule has 26 heavy (non-hydrogen) atoms. The van der Waals surface area contributed by atoms with Crippen LogP contribution in [0, 0.1) is 5.92 Å². The first-order chi connectivity index (χ1) is 12.7. The van der Waals surface area contributed by atoms with Crippen LogP contribution >= 0.6 is 0 Å². The Kier molecular flexibility index (Phi) is 6.00. The number of rotatable bonds is 7. The molecule has 0 aliphatic heterocycles. The quantitative estimate of drug-likeness (QED) is 0.690. The molecule has 1 unspecified atom stereocenters. The second-order valence-electron chi connectivity index (χ2n) is 6.55. The van der Waals surface area contributed by atoms with E-state index in [9.17, 15) is 9.90 Å². The summed E-state index contributed by atoms with van der Waals surface area (Å²) in [7, 11) is 0. The van der Waals surface area contributed by atoms with Crippen LogP contribution in [0.15, 0.2) is 77.7 Å². The standard InChI is InChI=1S/C22H24N2O2/c23-14-19(16-25)12-18-4-3-5-21(13-18)20-9-7-17(8-10-20)15-24-11-2-1-6-22(24)26/h1-11,13,19,25H,12,14-16,23H2. The minimum Gasteiger partial charge on any atom is -0.396 e. The maximum absolute atomic E-state index is 11.8. The van der Waals surface area contributed by atoms with Crippen LogP contribution in [0.5, 0.6) is 0 Å². The van der Waals surface area contributed by atoms with Gasteiger partial charge in [-0.1, -0.05) is 54.6 Å². The highest BCUT2D eigenvalue weighted by Crippen LogP contribution is 2.22. The number of hydrogen-bond acceptors (Lipinski definition) is 3. The lowest BCUT2D eigenvalue weighted by molar-refractivity contribution is 0.230. The third-order valence-corrected chi connectivity index (χ3v) is 4.58. The van der Waals surface area contributed by atoms with Crippen LogP contribution in [0.3, 0.4) is 0 Å². The molecule has 0 aliphatic carbocycles. The summed E-state index contributed by atoms with van der Waals surface area (Å²) in [6.07, 6.45) is 2.57. The summed E-state index contributed by atoms with van der Waals surface area (Å²) in [5, 5.41) is 9.34. The number of hydrogen-bond donors (Lipinski definition) is 2. The van der Waals surface area contributed by atoms with Gasteiger partial charge in [-0.15, -0.1) is 0 Å². The molecule has 0 saturated carbocycles. The highest BCUT2D eigenvalue weighted by Gasteiger charge is 2.07. The zero-order valence-electron chi connectivity index (χ0n) is 14.7. The van der Waals surface area contributed by atoms with E-state index in [4.69, 9.17) is 5.73 Å². The van der Waals surface area contributed by atoms with Crippen LogP contribution in [0.2, 0.25) is 0 Å². The maximum Gasteiger partial charge on any atom is 0.250 e. The van der Waals surface area contributed by atoms with Crippen LogP contribution in [0.25, 0.3) is 11.1 Å². The van der Waals surface area contributed by atoms with Gasteiger partial charge in [0, 0.05) is 18.9 Å². The number of benzene rings is 2. The number of pyridine rings is 1. The van der Waals surface area contributed by atoms with E-state index in [0.717, 1.165) is 23.1 Å². The summed E-state index contributed by atoms with van der Waals surface area (Å²) in [6, 6.07) is 21.8. The lowest BCUT2D eigenvalue weighted by atomic mass is 9.96. The van der Waals surface area contributed by atoms with E-state index in [1.54, 1.807) is 22.9 Å². The predicted octanol–water partition coefficient (Wildman–Crippen LogP) is 2.67. The average Bonchev–Trinajstić information content (AvgIpc) is 2.69. The Morgan fingerprint density at radius 1 is 0.923 bits per heavy atom. The molecule has 3 N–H and O–H groups in total. The molecule has 0 aliphatic rings. The Morgan fingerprint density at radius 3 is 2.42 bits per heavy atom. The molecule has 0 amide bonds. The normalized spacial score (nSPS) is 12.1. The molecule has 0 spiro atoms. The molecule has 2 aromatic carbocycles. The van der Waals surface area contributed by atoms with Gasteiger partial charge in [0.1, 0.15) is 0 Å². The Bertz CT molecular complexity index is 896. The number of aliphatic hydroxyl groups excluding tert-OH is 1. The van der Waals surface area contributed by atoms with Crippen molar-refractivity contribution in [2.75, 3.05) is 13.2 Å². The van der Waals surface area contributed by atoms with Crippen molar-refractivity contribution >= 4 is 0 Å². The van der Waals surface area contributed by atoms with E-state index in [1.807, 2.05) is 12.1 Å². The molecule has 0 fully saturated rings. The molecule has 134 valence electrons. The topological polar surface area (TPSA) is 68.2 Å². The zero-order valence-corrected chi connectivity index (χ0v) is 14.7. The van der Waals surface area contributed by atoms with Crippen LogP contribution in [0.4, 0.5) is 0 Å². The Morgan fingerprint density at radius 2 is 1.73 bits per heavy atom. The van der Waals surface area contributed by atoms with E-state index >= 15 is 0 Å². The van der Waals surface area contributed by atoms with E-state index in [2.05, 4.69) is 42.5 Å². The van der Waals surface area contributed by atoms with Gasteiger partial charge in [0.05, 0.1) is 6.54 Å². The van der Waals surface area contributed by atoms with Crippen molar-refractivity contribution in [2.24, 2.45) is 11.7 Å². The van der Waals surface area contributed by atoms with E-state index < -0.39 is 0 Å². The summed E-state index contributed by atoms with van der Waals surface area (Å²) in [4.78, 5) is 11.8. The van der Waals surface area contributed by atoms with Gasteiger partial charge in [0.15, 0.2) is 0 Å². The first kappa shape index (κ1) is 18.1. The number of nitrogens with zero attached hydrogens (tertiary/aromatic N) is 1. The first-order valence-corrected chi connectivity index (χ1v) is 8.84. The Hall–Kier alpha value is -2.69. The molecule has 3 aromatic rings. The van der Waals surface area contributed by atoms with Crippen molar-refractivity contribution in [3.63, 3.8) is 0 Å². The van der Waals surface area contributed by atoms with Crippen molar-refractivity contribution < 1.29 is 5.11 Å². The molecular formula is C22H24N2O2. The van der Waals surface area contributed by atoms with E-state index in [-0.39, 0.29) is 18.1 Å². The monoisotopic (exact) mass is 348 g/mol. The molecule has 4 heteroatoms. The Balaban J connectivity index is 1.76. The van der Waals surface area contributed by atoms with Gasteiger partial charge in [-0.2, -0.15) is 0 Å². The fraction of sp³-hybridized carbons (Fsp3) is 0.227. The molecule has 1 heterocycles. The summed E-state index contributed by atoms with van der Waals surface area (Å²) >= 11 is 0. The first-order valence-electron chi connectivity index (χ1n) is 8.84. The van der Waals surface area contributed by atoms with Crippen molar-refractivity contribution in [1.82, 2.24) is 4.57 Å². The van der Waals surface area contributed by atoms with Crippen molar-refractivity contribution in [3.8, 4) is 11.1 Å². The molecule has 3 rings (SSSR count). The smallest absolute Gasteiger partial charge is 0.250 e. The maximum atomic E-state index is 11.8. The molecule has 0 bridgehead atoms. The SMILES string of the molecule is NCC(CO)Cc1cccc(-c2ccc(Cn3ccccc3=O)cc2)c1. The molecule has 1 atom stereocenters. The van der Waals surface area contributed by atoms with Crippen LogP contribution in [-0.2, 0) is 13.0 Å². The fourth-order valence-corrected chi connectivity index (χ4v) is 3.02. The minimum absolute atomic E-state index is 0.00242. The summed E-state index contributed by atoms with van der Waals surface area (Å²) in [5.74, 6) is 0.0943. The van der Waals surface area contributed by atoms with Gasteiger partial charge in [0.25, 0.3) is 5.56 Å². The molecule has 0 saturated heterocycles. The fourth-order valence-electron chi connectivity index (χ4n) is 3.02. The van der Waals surface area contributed by atoms with Gasteiger partial charge >= 0.3 is 0 Å². The predicted molar refractivity (Wildman–Crippen MR) is 105 cm³/mol. The summed E-state index contributed by atoms with van der Waals surface area (Å²) < 4.78 is 1.69. The second-order valence-corrected chi connectivity index (χ2v) is 6.55. The van der Waals surface area contributed by atoms with Gasteiger partial charge in [-0.3, -0.25) is 4.79 Å². The Labute approximate surface area is 153 Å². The second kappa shape index (κ2) is 8.61. The van der Waals surface area contributed by atoms with E-state index in [1.165, 1.54) is 5.56 Å². The highest BCUT2D eigenvalue weighted by molar-refractivity contribution is 5.64. The lowest BCUT2D eigenvalue weighted by Crippen LogP contribution is -2.20. The molecular weight excluding hydrogens is 324 g/mol. The molecule has 0 radical (unpaired) electrons. The van der Waals surface area contributed by atoms with E-state index in [0.29, 0.717) is 13.1 Å². The zero-order chi connectivity index (χ0) is 18.4. The van der Waals surface area contributed by atoms with Crippen molar-refractivity contribution in [3.05, 3.63) is 94.4 Å².